The van der Waals surface area contributed by atoms with E-state index < -0.39 is 0 Å². The van der Waals surface area contributed by atoms with Crippen LogP contribution < -0.4 is 4.90 Å². The Hall–Kier alpha value is -2.74. The topological polar surface area (TPSA) is 23.5 Å². The minimum Gasteiger partial charge on any atom is -0.508 e. The van der Waals surface area contributed by atoms with Crippen LogP contribution in [0.1, 0.15) is 34.7 Å². The molecule has 2 heteroatoms. The molecule has 0 aliphatic carbocycles. The van der Waals surface area contributed by atoms with Crippen molar-refractivity contribution in [3.8, 4) is 5.75 Å². The Kier molecular flexibility index (Phi) is 4.19. The first-order valence-electron chi connectivity index (χ1n) is 8.93. The van der Waals surface area contributed by atoms with Gasteiger partial charge in [0.15, 0.2) is 0 Å². The van der Waals surface area contributed by atoms with Crippen molar-refractivity contribution in [1.29, 1.82) is 0 Å². The highest BCUT2D eigenvalue weighted by Crippen LogP contribution is 2.40. The molecule has 0 amide bonds. The second-order valence-corrected chi connectivity index (χ2v) is 6.80. The largest absolute Gasteiger partial charge is 0.508 e. The van der Waals surface area contributed by atoms with E-state index in [1.165, 1.54) is 22.4 Å². The normalized spacial score (nSPS) is 14.8. The molecule has 0 saturated carbocycles. The summed E-state index contributed by atoms with van der Waals surface area (Å²) in [5, 5.41) is 10.5. The fraction of sp³-hybridized carbons (Fsp3) is 0.217. The smallest absolute Gasteiger partial charge is 0.121 e. The number of phenolic OH excluding ortho intramolecular Hbond substituents is 1. The Morgan fingerprint density at radius 1 is 0.880 bits per heavy atom. The molecule has 1 atom stereocenters. The highest BCUT2D eigenvalue weighted by atomic mass is 16.3. The molecule has 0 fully saturated rings. The van der Waals surface area contributed by atoms with E-state index in [-0.39, 0.29) is 6.04 Å². The summed E-state index contributed by atoms with van der Waals surface area (Å²) in [6.45, 7) is 3.10. The summed E-state index contributed by atoms with van der Waals surface area (Å²) >= 11 is 0. The number of hydrogen-bond donors (Lipinski definition) is 1. The summed E-state index contributed by atoms with van der Waals surface area (Å²) in [5.74, 6) is 0.358. The van der Waals surface area contributed by atoms with E-state index >= 15 is 0 Å². The molecule has 1 heterocycles. The van der Waals surface area contributed by atoms with Crippen LogP contribution in [-0.4, -0.2) is 11.7 Å². The highest BCUT2D eigenvalue weighted by Gasteiger charge is 2.28. The molecule has 4 rings (SSSR count). The number of hydrogen-bond acceptors (Lipinski definition) is 2. The van der Waals surface area contributed by atoms with Gasteiger partial charge in [-0.3, -0.25) is 0 Å². The molecule has 2 nitrogen and oxygen atoms in total. The van der Waals surface area contributed by atoms with Crippen molar-refractivity contribution < 1.29 is 5.11 Å². The van der Waals surface area contributed by atoms with Crippen molar-refractivity contribution in [2.45, 2.75) is 25.8 Å². The first kappa shape index (κ1) is 15.8. The number of fused-ring (bicyclic) bond motifs is 1. The van der Waals surface area contributed by atoms with Crippen LogP contribution in [0.3, 0.4) is 0 Å². The molecule has 1 N–H and O–H groups in total. The zero-order chi connectivity index (χ0) is 17.2. The van der Waals surface area contributed by atoms with Crippen LogP contribution in [0.5, 0.6) is 5.75 Å². The molecular formula is C23H23NO. The Balaban J connectivity index is 1.87. The van der Waals surface area contributed by atoms with Gasteiger partial charge in [0.1, 0.15) is 5.75 Å². The van der Waals surface area contributed by atoms with Crippen molar-refractivity contribution in [2.75, 3.05) is 11.4 Å². The van der Waals surface area contributed by atoms with Gasteiger partial charge in [-0.25, -0.2) is 0 Å². The molecule has 0 saturated heterocycles. The number of anilines is 1. The van der Waals surface area contributed by atoms with Crippen molar-refractivity contribution in [3.63, 3.8) is 0 Å². The molecule has 3 aromatic carbocycles. The SMILES string of the molecule is Cc1ccc(C(c2ccccc2O)N2CCCc3ccccc32)cc1. The standard InChI is InChI=1S/C23H23NO/c1-17-12-14-19(15-13-17)23(20-9-3-5-11-22(20)25)24-16-6-8-18-7-2-4-10-21(18)24/h2-5,7,9-15,23,25H,6,8,16H2,1H3. The van der Waals surface area contributed by atoms with Gasteiger partial charge >= 0.3 is 0 Å². The third-order valence-electron chi connectivity index (χ3n) is 5.08. The van der Waals surface area contributed by atoms with E-state index in [1.54, 1.807) is 6.07 Å². The molecule has 0 aromatic heterocycles. The Morgan fingerprint density at radius 3 is 2.40 bits per heavy atom. The number of aromatic hydroxyl groups is 1. The molecule has 126 valence electrons. The van der Waals surface area contributed by atoms with E-state index in [2.05, 4.69) is 60.4 Å². The van der Waals surface area contributed by atoms with Gasteiger partial charge in [-0.15, -0.1) is 0 Å². The maximum Gasteiger partial charge on any atom is 0.121 e. The lowest BCUT2D eigenvalue weighted by Gasteiger charge is -2.39. The van der Waals surface area contributed by atoms with Gasteiger partial charge in [0.05, 0.1) is 6.04 Å². The zero-order valence-corrected chi connectivity index (χ0v) is 14.5. The molecule has 25 heavy (non-hydrogen) atoms. The number of para-hydroxylation sites is 2. The van der Waals surface area contributed by atoms with Gasteiger partial charge in [0, 0.05) is 17.8 Å². The molecule has 1 aliphatic heterocycles. The summed E-state index contributed by atoms with van der Waals surface area (Å²) in [6.07, 6.45) is 2.25. The second kappa shape index (κ2) is 6.64. The quantitative estimate of drug-likeness (QED) is 0.710. The fourth-order valence-electron chi connectivity index (χ4n) is 3.83. The summed E-state index contributed by atoms with van der Waals surface area (Å²) in [7, 11) is 0. The highest BCUT2D eigenvalue weighted by molar-refractivity contribution is 5.60. The van der Waals surface area contributed by atoms with Gasteiger partial charge in [-0.1, -0.05) is 66.2 Å². The number of benzene rings is 3. The van der Waals surface area contributed by atoms with E-state index in [9.17, 15) is 5.11 Å². The summed E-state index contributed by atoms with van der Waals surface area (Å²) in [4.78, 5) is 2.44. The van der Waals surface area contributed by atoms with Crippen LogP contribution >= 0.6 is 0 Å². The number of nitrogens with zero attached hydrogens (tertiary/aromatic N) is 1. The average Bonchev–Trinajstić information content (AvgIpc) is 2.65. The van der Waals surface area contributed by atoms with Crippen LogP contribution in [-0.2, 0) is 6.42 Å². The van der Waals surface area contributed by atoms with E-state index in [4.69, 9.17) is 0 Å². The number of aryl methyl sites for hydroxylation is 2. The first-order chi connectivity index (χ1) is 12.2. The first-order valence-corrected chi connectivity index (χ1v) is 8.93. The Morgan fingerprint density at radius 2 is 1.60 bits per heavy atom. The van der Waals surface area contributed by atoms with Gasteiger partial charge in [-0.2, -0.15) is 0 Å². The van der Waals surface area contributed by atoms with Crippen LogP contribution in [0.25, 0.3) is 0 Å². The van der Waals surface area contributed by atoms with Crippen LogP contribution in [0.2, 0.25) is 0 Å². The lowest BCUT2D eigenvalue weighted by molar-refractivity contribution is 0.462. The second-order valence-electron chi connectivity index (χ2n) is 6.80. The van der Waals surface area contributed by atoms with Crippen molar-refractivity contribution >= 4 is 5.69 Å². The van der Waals surface area contributed by atoms with Crippen molar-refractivity contribution in [3.05, 3.63) is 95.1 Å². The summed E-state index contributed by atoms with van der Waals surface area (Å²) in [5.41, 5.74) is 6.09. The Labute approximate surface area is 149 Å². The fourth-order valence-corrected chi connectivity index (χ4v) is 3.83. The molecule has 0 radical (unpaired) electrons. The molecular weight excluding hydrogens is 306 g/mol. The van der Waals surface area contributed by atoms with E-state index in [0.717, 1.165) is 24.9 Å². The molecule has 1 aliphatic rings. The van der Waals surface area contributed by atoms with Crippen LogP contribution in [0.4, 0.5) is 5.69 Å². The summed E-state index contributed by atoms with van der Waals surface area (Å²) < 4.78 is 0. The minimum atomic E-state index is 0.0169. The lowest BCUT2D eigenvalue weighted by Crippen LogP contribution is -2.34. The predicted molar refractivity (Wildman–Crippen MR) is 103 cm³/mol. The van der Waals surface area contributed by atoms with Crippen LogP contribution in [0.15, 0.2) is 72.8 Å². The maximum absolute atomic E-state index is 10.5. The van der Waals surface area contributed by atoms with Crippen molar-refractivity contribution in [2.24, 2.45) is 0 Å². The third kappa shape index (κ3) is 3.00. The minimum absolute atomic E-state index is 0.0169. The third-order valence-corrected chi connectivity index (χ3v) is 5.08. The average molecular weight is 329 g/mol. The maximum atomic E-state index is 10.5. The zero-order valence-electron chi connectivity index (χ0n) is 14.5. The number of rotatable bonds is 3. The molecule has 3 aromatic rings. The lowest BCUT2D eigenvalue weighted by atomic mass is 9.92. The molecule has 0 bridgehead atoms. The summed E-state index contributed by atoms with van der Waals surface area (Å²) in [6, 6.07) is 25.0. The predicted octanol–water partition coefficient (Wildman–Crippen LogP) is 5.24. The monoisotopic (exact) mass is 329 g/mol. The van der Waals surface area contributed by atoms with Crippen molar-refractivity contribution in [1.82, 2.24) is 0 Å². The van der Waals surface area contributed by atoms with Gasteiger partial charge in [-0.05, 0) is 43.0 Å². The van der Waals surface area contributed by atoms with Gasteiger partial charge < -0.3 is 10.0 Å². The number of phenols is 1. The van der Waals surface area contributed by atoms with E-state index in [0.29, 0.717) is 5.75 Å². The molecule has 0 spiro atoms. The van der Waals surface area contributed by atoms with Gasteiger partial charge in [0.2, 0.25) is 0 Å². The Bertz CT molecular complexity index is 869. The van der Waals surface area contributed by atoms with Crippen LogP contribution in [0, 0.1) is 6.92 Å². The van der Waals surface area contributed by atoms with E-state index in [1.807, 2.05) is 18.2 Å². The van der Waals surface area contributed by atoms with Gasteiger partial charge in [0.25, 0.3) is 0 Å². The molecule has 1 unspecified atom stereocenters.